The van der Waals surface area contributed by atoms with E-state index in [1.165, 1.54) is 12.1 Å². The van der Waals surface area contributed by atoms with Crippen molar-refractivity contribution in [3.05, 3.63) is 71.0 Å². The highest BCUT2D eigenvalue weighted by molar-refractivity contribution is 7.88. The first kappa shape index (κ1) is 18.0. The molecule has 0 amide bonds. The molecule has 0 aromatic heterocycles. The number of nitrogens with zero attached hydrogens (tertiary/aromatic N) is 2. The summed E-state index contributed by atoms with van der Waals surface area (Å²) in [5, 5.41) is 0. The monoisotopic (exact) mass is 362 g/mol. The maximum atomic E-state index is 13.0. The molecule has 3 rings (SSSR count). The van der Waals surface area contributed by atoms with Crippen LogP contribution in [0.5, 0.6) is 0 Å². The first-order valence-corrected chi connectivity index (χ1v) is 10.0. The predicted molar refractivity (Wildman–Crippen MR) is 97.1 cm³/mol. The van der Waals surface area contributed by atoms with E-state index in [9.17, 15) is 12.8 Å². The van der Waals surface area contributed by atoms with Crippen LogP contribution in [0.15, 0.2) is 48.5 Å². The van der Waals surface area contributed by atoms with Crippen molar-refractivity contribution >= 4 is 10.0 Å². The third-order valence-electron chi connectivity index (χ3n) is 4.48. The molecule has 0 bridgehead atoms. The zero-order valence-electron chi connectivity index (χ0n) is 14.4. The Bertz CT molecular complexity index is 814. The number of sulfonamides is 1. The van der Waals surface area contributed by atoms with Crippen LogP contribution in [0.2, 0.25) is 0 Å². The Kier molecular flexibility index (Phi) is 5.51. The summed E-state index contributed by atoms with van der Waals surface area (Å²) in [6.07, 6.45) is 0. The fourth-order valence-corrected chi connectivity index (χ4v) is 4.62. The highest BCUT2D eigenvalue weighted by Gasteiger charge is 2.27. The fraction of sp³-hybridized carbons (Fsp3) is 0.368. The van der Waals surface area contributed by atoms with Crippen LogP contribution in [0.25, 0.3) is 0 Å². The Morgan fingerprint density at radius 2 is 1.64 bits per heavy atom. The highest BCUT2D eigenvalue weighted by atomic mass is 32.2. The third kappa shape index (κ3) is 4.87. The zero-order valence-corrected chi connectivity index (χ0v) is 15.2. The lowest BCUT2D eigenvalue weighted by Gasteiger charge is -2.34. The average Bonchev–Trinajstić information content (AvgIpc) is 2.57. The lowest BCUT2D eigenvalue weighted by molar-refractivity contribution is 0.181. The van der Waals surface area contributed by atoms with Crippen LogP contribution in [0, 0.1) is 12.7 Å². The summed E-state index contributed by atoms with van der Waals surface area (Å²) in [6.45, 7) is 5.04. The summed E-state index contributed by atoms with van der Waals surface area (Å²) >= 11 is 0. The number of aryl methyl sites for hydroxylation is 1. The molecule has 0 atom stereocenters. The van der Waals surface area contributed by atoms with Crippen molar-refractivity contribution < 1.29 is 12.8 Å². The largest absolute Gasteiger partial charge is 0.296 e. The van der Waals surface area contributed by atoms with Crippen molar-refractivity contribution in [2.24, 2.45) is 0 Å². The number of hydrogen-bond acceptors (Lipinski definition) is 3. The topological polar surface area (TPSA) is 40.6 Å². The standard InChI is InChI=1S/C19H23FN2O2S/c1-16-3-2-4-18(13-16)15-25(23,24)22-11-9-21(10-12-22)14-17-5-7-19(20)8-6-17/h2-8,13H,9-12,14-15H2,1H3. The van der Waals surface area contributed by atoms with Gasteiger partial charge in [0, 0.05) is 32.7 Å². The first-order chi connectivity index (χ1) is 11.9. The van der Waals surface area contributed by atoms with Crippen LogP contribution in [0.4, 0.5) is 4.39 Å². The summed E-state index contributed by atoms with van der Waals surface area (Å²) in [4.78, 5) is 2.20. The van der Waals surface area contributed by atoms with Crippen LogP contribution in [-0.4, -0.2) is 43.8 Å². The van der Waals surface area contributed by atoms with E-state index in [4.69, 9.17) is 0 Å². The van der Waals surface area contributed by atoms with Crippen LogP contribution in [0.1, 0.15) is 16.7 Å². The summed E-state index contributed by atoms with van der Waals surface area (Å²) < 4.78 is 39.8. The summed E-state index contributed by atoms with van der Waals surface area (Å²) in [5.41, 5.74) is 2.93. The van der Waals surface area contributed by atoms with Gasteiger partial charge in [0.05, 0.1) is 5.75 Å². The fourth-order valence-electron chi connectivity index (χ4n) is 3.12. The van der Waals surface area contributed by atoms with E-state index in [-0.39, 0.29) is 11.6 Å². The molecular formula is C19H23FN2O2S. The van der Waals surface area contributed by atoms with Gasteiger partial charge in [-0.3, -0.25) is 4.90 Å². The van der Waals surface area contributed by atoms with Gasteiger partial charge in [0.25, 0.3) is 0 Å². The second kappa shape index (κ2) is 7.64. The maximum Gasteiger partial charge on any atom is 0.218 e. The average molecular weight is 362 g/mol. The molecule has 0 saturated carbocycles. The van der Waals surface area contributed by atoms with Gasteiger partial charge in [-0.05, 0) is 30.2 Å². The van der Waals surface area contributed by atoms with E-state index in [0.717, 1.165) is 16.7 Å². The van der Waals surface area contributed by atoms with Crippen molar-refractivity contribution in [1.29, 1.82) is 0 Å². The van der Waals surface area contributed by atoms with E-state index in [1.54, 1.807) is 16.4 Å². The lowest BCUT2D eigenvalue weighted by atomic mass is 10.2. The molecule has 4 nitrogen and oxygen atoms in total. The minimum Gasteiger partial charge on any atom is -0.296 e. The van der Waals surface area contributed by atoms with Gasteiger partial charge in [-0.15, -0.1) is 0 Å². The third-order valence-corrected chi connectivity index (χ3v) is 6.33. The van der Waals surface area contributed by atoms with Gasteiger partial charge in [0.1, 0.15) is 5.82 Å². The quantitative estimate of drug-likeness (QED) is 0.821. The van der Waals surface area contributed by atoms with E-state index < -0.39 is 10.0 Å². The van der Waals surface area contributed by atoms with Crippen LogP contribution in [0.3, 0.4) is 0 Å². The molecule has 2 aromatic rings. The van der Waals surface area contributed by atoms with Gasteiger partial charge in [0.2, 0.25) is 10.0 Å². The van der Waals surface area contributed by atoms with Crippen LogP contribution in [-0.2, 0) is 22.3 Å². The molecule has 1 aliphatic rings. The maximum absolute atomic E-state index is 13.0. The van der Waals surface area contributed by atoms with Crippen molar-refractivity contribution in [3.63, 3.8) is 0 Å². The van der Waals surface area contributed by atoms with E-state index in [0.29, 0.717) is 32.7 Å². The Morgan fingerprint density at radius 1 is 0.960 bits per heavy atom. The van der Waals surface area contributed by atoms with E-state index in [2.05, 4.69) is 4.90 Å². The smallest absolute Gasteiger partial charge is 0.218 e. The SMILES string of the molecule is Cc1cccc(CS(=O)(=O)N2CCN(Cc3ccc(F)cc3)CC2)c1. The predicted octanol–water partition coefficient (Wildman–Crippen LogP) is 2.78. The summed E-state index contributed by atoms with van der Waals surface area (Å²) in [7, 11) is -3.30. The summed E-state index contributed by atoms with van der Waals surface area (Å²) in [6, 6.07) is 14.1. The molecule has 0 spiro atoms. The minimum absolute atomic E-state index is 0.0483. The number of benzene rings is 2. The summed E-state index contributed by atoms with van der Waals surface area (Å²) in [5.74, 6) is -0.192. The molecule has 0 unspecified atom stereocenters. The molecule has 1 heterocycles. The number of piperazine rings is 1. The second-order valence-electron chi connectivity index (χ2n) is 6.55. The van der Waals surface area contributed by atoms with Gasteiger partial charge in [-0.1, -0.05) is 42.0 Å². The van der Waals surface area contributed by atoms with Gasteiger partial charge in [-0.2, -0.15) is 4.31 Å². The Morgan fingerprint density at radius 3 is 2.28 bits per heavy atom. The molecule has 1 saturated heterocycles. The Balaban J connectivity index is 1.56. The van der Waals surface area contributed by atoms with E-state index in [1.807, 2.05) is 31.2 Å². The first-order valence-electron chi connectivity index (χ1n) is 8.42. The normalized spacial score (nSPS) is 16.9. The van der Waals surface area contributed by atoms with Gasteiger partial charge >= 0.3 is 0 Å². The van der Waals surface area contributed by atoms with Crippen LogP contribution >= 0.6 is 0 Å². The van der Waals surface area contributed by atoms with Gasteiger partial charge in [0.15, 0.2) is 0 Å². The van der Waals surface area contributed by atoms with Crippen LogP contribution < -0.4 is 0 Å². The minimum atomic E-state index is -3.30. The number of rotatable bonds is 5. The molecule has 0 N–H and O–H groups in total. The Hall–Kier alpha value is -1.76. The number of halogens is 1. The van der Waals surface area contributed by atoms with Crippen molar-refractivity contribution in [2.75, 3.05) is 26.2 Å². The molecule has 2 aromatic carbocycles. The highest BCUT2D eigenvalue weighted by Crippen LogP contribution is 2.16. The second-order valence-corrected chi connectivity index (χ2v) is 8.52. The molecule has 0 aliphatic carbocycles. The van der Waals surface area contributed by atoms with Crippen molar-refractivity contribution in [3.8, 4) is 0 Å². The molecule has 1 aliphatic heterocycles. The molecule has 0 radical (unpaired) electrons. The van der Waals surface area contributed by atoms with Crippen molar-refractivity contribution in [1.82, 2.24) is 9.21 Å². The van der Waals surface area contributed by atoms with Gasteiger partial charge in [-0.25, -0.2) is 12.8 Å². The molecular weight excluding hydrogens is 339 g/mol. The molecule has 1 fully saturated rings. The van der Waals surface area contributed by atoms with E-state index >= 15 is 0 Å². The van der Waals surface area contributed by atoms with Gasteiger partial charge < -0.3 is 0 Å². The Labute approximate surface area is 148 Å². The molecule has 25 heavy (non-hydrogen) atoms. The molecule has 134 valence electrons. The number of hydrogen-bond donors (Lipinski definition) is 0. The lowest BCUT2D eigenvalue weighted by Crippen LogP contribution is -2.48. The van der Waals surface area contributed by atoms with Crippen molar-refractivity contribution in [2.45, 2.75) is 19.2 Å². The zero-order chi connectivity index (χ0) is 17.9. The molecule has 6 heteroatoms.